The molecule has 1 aromatic carbocycles. The zero-order chi connectivity index (χ0) is 14.5. The first-order chi connectivity index (χ1) is 8.79. The Morgan fingerprint density at radius 2 is 2.00 bits per heavy atom. The van der Waals surface area contributed by atoms with Gasteiger partial charge in [-0.05, 0) is 12.5 Å². The Hall–Kier alpha value is -0.760. The molecule has 0 fully saturated rings. The van der Waals surface area contributed by atoms with Gasteiger partial charge < -0.3 is 4.52 Å². The van der Waals surface area contributed by atoms with E-state index < -0.39 is 19.8 Å². The van der Waals surface area contributed by atoms with Crippen LogP contribution in [0.2, 0.25) is 0 Å². The second kappa shape index (κ2) is 7.14. The van der Waals surface area contributed by atoms with Crippen LogP contribution in [0.3, 0.4) is 0 Å². The maximum Gasteiger partial charge on any atom is 0.527 e. The molecule has 0 amide bonds. The van der Waals surface area contributed by atoms with E-state index in [1.807, 2.05) is 30.3 Å². The van der Waals surface area contributed by atoms with E-state index in [1.165, 1.54) is 6.92 Å². The molecule has 1 aromatic rings. The van der Waals surface area contributed by atoms with Gasteiger partial charge >= 0.3 is 13.8 Å². The second-order valence-corrected chi connectivity index (χ2v) is 5.47. The van der Waals surface area contributed by atoms with Gasteiger partial charge in [0.15, 0.2) is 0 Å². The summed E-state index contributed by atoms with van der Waals surface area (Å²) in [6.45, 7) is 1.57. The van der Waals surface area contributed by atoms with E-state index in [4.69, 9.17) is 14.6 Å². The molecular formula is C10H13BrNO6P. The van der Waals surface area contributed by atoms with Crippen molar-refractivity contribution in [3.05, 3.63) is 35.9 Å². The second-order valence-electron chi connectivity index (χ2n) is 3.61. The van der Waals surface area contributed by atoms with Gasteiger partial charge in [-0.3, -0.25) is 14.6 Å². The third-order valence-corrected chi connectivity index (χ3v) is 3.29. The number of carbonyl (C=O) groups is 1. The number of phosphoric ester groups is 1. The third-order valence-electron chi connectivity index (χ3n) is 2.05. The minimum atomic E-state index is -4.85. The van der Waals surface area contributed by atoms with Crippen molar-refractivity contribution in [2.24, 2.45) is 0 Å². The highest BCUT2D eigenvalue weighted by atomic mass is 79.9. The fourth-order valence-corrected chi connectivity index (χ4v) is 1.76. The number of rotatable bonds is 6. The Kier molecular flexibility index (Phi) is 6.12. The van der Waals surface area contributed by atoms with Crippen LogP contribution in [-0.4, -0.2) is 25.9 Å². The first-order valence-corrected chi connectivity index (χ1v) is 7.44. The van der Waals surface area contributed by atoms with Gasteiger partial charge in [-0.25, -0.2) is 9.36 Å². The van der Waals surface area contributed by atoms with Gasteiger partial charge in [0.25, 0.3) is 0 Å². The monoisotopic (exact) mass is 353 g/mol. The van der Waals surface area contributed by atoms with Crippen LogP contribution in [0.25, 0.3) is 0 Å². The first-order valence-electron chi connectivity index (χ1n) is 5.20. The molecule has 0 saturated carbocycles. The summed E-state index contributed by atoms with van der Waals surface area (Å²) in [6, 6.07) is 8.18. The van der Waals surface area contributed by atoms with Crippen molar-refractivity contribution in [3.63, 3.8) is 0 Å². The van der Waals surface area contributed by atoms with Crippen molar-refractivity contribution >= 4 is 29.9 Å². The van der Waals surface area contributed by atoms with Crippen LogP contribution < -0.4 is 0 Å². The molecule has 0 bridgehead atoms. The Morgan fingerprint density at radius 1 is 1.42 bits per heavy atom. The lowest BCUT2D eigenvalue weighted by Gasteiger charge is -2.20. The fraction of sp³-hybridized carbons (Fsp3) is 0.300. The summed E-state index contributed by atoms with van der Waals surface area (Å²) >= 11 is 2.97. The molecule has 0 aliphatic rings. The summed E-state index contributed by atoms with van der Waals surface area (Å²) in [5.74, 6) is -1.10. The van der Waals surface area contributed by atoms with E-state index in [0.717, 1.165) is 9.65 Å². The van der Waals surface area contributed by atoms with Crippen LogP contribution in [-0.2, 0) is 25.3 Å². The predicted octanol–water partition coefficient (Wildman–Crippen LogP) is 1.75. The average molecular weight is 354 g/mol. The molecule has 0 aromatic heterocycles. The van der Waals surface area contributed by atoms with Gasteiger partial charge in [0.1, 0.15) is 6.04 Å². The highest BCUT2D eigenvalue weighted by molar-refractivity contribution is 9.07. The molecule has 1 atom stereocenters. The number of hydrogen-bond acceptors (Lipinski definition) is 5. The maximum atomic E-state index is 11.3. The van der Waals surface area contributed by atoms with Crippen molar-refractivity contribution in [1.82, 2.24) is 4.09 Å². The Labute approximate surface area is 118 Å². The van der Waals surface area contributed by atoms with Gasteiger partial charge in [-0.1, -0.05) is 30.3 Å². The zero-order valence-electron chi connectivity index (χ0n) is 9.97. The Morgan fingerprint density at radius 3 is 2.53 bits per heavy atom. The van der Waals surface area contributed by atoms with E-state index in [2.05, 4.69) is 20.7 Å². The van der Waals surface area contributed by atoms with Crippen LogP contribution in [0.4, 0.5) is 0 Å². The molecule has 0 heterocycles. The van der Waals surface area contributed by atoms with Gasteiger partial charge in [0, 0.05) is 16.1 Å². The van der Waals surface area contributed by atoms with Crippen molar-refractivity contribution in [3.8, 4) is 0 Å². The molecular weight excluding hydrogens is 341 g/mol. The molecule has 0 aliphatic heterocycles. The minimum Gasteiger partial charge on any atom is -0.369 e. The van der Waals surface area contributed by atoms with Crippen molar-refractivity contribution in [2.75, 3.05) is 0 Å². The Bertz CT molecular complexity index is 464. The SMILES string of the molecule is C[C@@H](C(=O)OP(=O)(O)O)N(Br)OCc1ccccc1. The lowest BCUT2D eigenvalue weighted by atomic mass is 10.2. The average Bonchev–Trinajstić information content (AvgIpc) is 2.34. The summed E-state index contributed by atoms with van der Waals surface area (Å²) in [7, 11) is -4.85. The third kappa shape index (κ3) is 6.29. The van der Waals surface area contributed by atoms with E-state index in [9.17, 15) is 9.36 Å². The van der Waals surface area contributed by atoms with E-state index in [0.29, 0.717) is 0 Å². The molecule has 7 nitrogen and oxygen atoms in total. The first kappa shape index (κ1) is 16.3. The van der Waals surface area contributed by atoms with Crippen LogP contribution in [0, 0.1) is 0 Å². The summed E-state index contributed by atoms with van der Waals surface area (Å²) in [4.78, 5) is 33.6. The highest BCUT2D eigenvalue weighted by Crippen LogP contribution is 2.36. The number of phosphoric acid groups is 1. The summed E-state index contributed by atoms with van der Waals surface area (Å²) in [5.41, 5.74) is 0.877. The molecule has 0 saturated heterocycles. The molecule has 0 radical (unpaired) electrons. The van der Waals surface area contributed by atoms with Gasteiger partial charge in [0.05, 0.1) is 6.61 Å². The highest BCUT2D eigenvalue weighted by Gasteiger charge is 2.28. The van der Waals surface area contributed by atoms with E-state index >= 15 is 0 Å². The van der Waals surface area contributed by atoms with Crippen molar-refractivity contribution in [2.45, 2.75) is 19.6 Å². The number of hydrogen-bond donors (Lipinski definition) is 2. The van der Waals surface area contributed by atoms with Gasteiger partial charge in [0.2, 0.25) is 0 Å². The van der Waals surface area contributed by atoms with Crippen molar-refractivity contribution < 1.29 is 28.5 Å². The molecule has 106 valence electrons. The van der Waals surface area contributed by atoms with Crippen LogP contribution in [0.15, 0.2) is 30.3 Å². The van der Waals surface area contributed by atoms with Gasteiger partial charge in [-0.15, -0.1) is 4.09 Å². The lowest BCUT2D eigenvalue weighted by molar-refractivity contribution is -0.157. The summed E-state index contributed by atoms with van der Waals surface area (Å²) < 4.78 is 15.5. The number of halogens is 1. The summed E-state index contributed by atoms with van der Waals surface area (Å²) in [6.07, 6.45) is 0. The molecule has 0 aliphatic carbocycles. The zero-order valence-corrected chi connectivity index (χ0v) is 12.5. The lowest BCUT2D eigenvalue weighted by Crippen LogP contribution is -2.32. The molecule has 9 heteroatoms. The smallest absolute Gasteiger partial charge is 0.369 e. The summed E-state index contributed by atoms with van der Waals surface area (Å²) in [5, 5.41) is 0. The number of carbonyl (C=O) groups excluding carboxylic acids is 1. The molecule has 1 rings (SSSR count). The number of hydroxylamine groups is 1. The van der Waals surface area contributed by atoms with E-state index in [1.54, 1.807) is 0 Å². The molecule has 0 spiro atoms. The van der Waals surface area contributed by atoms with Crippen LogP contribution >= 0.6 is 24.0 Å². The van der Waals surface area contributed by atoms with Gasteiger partial charge in [-0.2, -0.15) is 0 Å². The number of benzene rings is 1. The van der Waals surface area contributed by atoms with Crippen LogP contribution in [0.5, 0.6) is 0 Å². The quantitative estimate of drug-likeness (QED) is 0.456. The largest absolute Gasteiger partial charge is 0.527 e. The molecule has 0 unspecified atom stereocenters. The fourth-order valence-electron chi connectivity index (χ4n) is 1.10. The van der Waals surface area contributed by atoms with Crippen LogP contribution in [0.1, 0.15) is 12.5 Å². The number of nitrogens with zero attached hydrogens (tertiary/aromatic N) is 1. The topological polar surface area (TPSA) is 96.3 Å². The van der Waals surface area contributed by atoms with E-state index in [-0.39, 0.29) is 6.61 Å². The standard InChI is InChI=1S/C10H13BrNO6P/c1-8(10(13)18-19(14,15)16)12(11)17-7-9-5-3-2-4-6-9/h2-6,8H,7H2,1H3,(H2,14,15,16)/t8-/m0/s1. The minimum absolute atomic E-state index is 0.194. The predicted molar refractivity (Wildman–Crippen MR) is 69.6 cm³/mol. The Balaban J connectivity index is 2.47. The maximum absolute atomic E-state index is 11.3. The molecule has 2 N–H and O–H groups in total. The normalized spacial score (nSPS) is 13.3. The van der Waals surface area contributed by atoms with Crippen molar-refractivity contribution in [1.29, 1.82) is 0 Å². The molecule has 19 heavy (non-hydrogen) atoms.